The van der Waals surface area contributed by atoms with E-state index in [2.05, 4.69) is 16.2 Å². The number of halogens is 2. The van der Waals surface area contributed by atoms with Gasteiger partial charge in [-0.25, -0.2) is 9.37 Å². The molecule has 1 aliphatic heterocycles. The van der Waals surface area contributed by atoms with Crippen LogP contribution in [0.5, 0.6) is 0 Å². The summed E-state index contributed by atoms with van der Waals surface area (Å²) in [5, 5.41) is 23.3. The highest BCUT2D eigenvalue weighted by Crippen LogP contribution is 2.30. The number of aromatic nitrogens is 3. The summed E-state index contributed by atoms with van der Waals surface area (Å²) in [4.78, 5) is 4.05. The molecule has 2 aromatic heterocycles. The fourth-order valence-corrected chi connectivity index (χ4v) is 3.75. The molecule has 0 amide bonds. The highest BCUT2D eigenvalue weighted by atomic mass is 35.5. The predicted molar refractivity (Wildman–Crippen MR) is 115 cm³/mol. The van der Waals surface area contributed by atoms with Crippen LogP contribution in [0.2, 0.25) is 5.15 Å². The molecule has 0 radical (unpaired) electrons. The van der Waals surface area contributed by atoms with Crippen molar-refractivity contribution in [1.82, 2.24) is 14.8 Å². The van der Waals surface area contributed by atoms with Crippen LogP contribution in [0.1, 0.15) is 48.3 Å². The van der Waals surface area contributed by atoms with Crippen molar-refractivity contribution in [3.05, 3.63) is 76.1 Å². The first kappa shape index (κ1) is 21.5. The number of hydrogen-bond acceptors (Lipinski definition) is 5. The number of rotatable bonds is 4. The van der Waals surface area contributed by atoms with Gasteiger partial charge >= 0.3 is 7.12 Å². The zero-order chi connectivity index (χ0) is 22.0. The lowest BCUT2D eigenvalue weighted by molar-refractivity contribution is 0.208. The van der Waals surface area contributed by atoms with Gasteiger partial charge in [0.05, 0.1) is 6.10 Å². The average Bonchev–Trinajstić information content (AvgIpc) is 3.41. The average molecular weight is 439 g/mol. The fraction of sp³-hybridized carbons (Fsp3) is 0.318. The van der Waals surface area contributed by atoms with E-state index in [9.17, 15) is 9.41 Å². The Morgan fingerprint density at radius 1 is 1.35 bits per heavy atom. The molecule has 3 aromatic rings. The maximum absolute atomic E-state index is 12.7. The van der Waals surface area contributed by atoms with Crippen LogP contribution in [-0.2, 0) is 17.6 Å². The van der Waals surface area contributed by atoms with Crippen molar-refractivity contribution in [2.45, 2.75) is 38.8 Å². The summed E-state index contributed by atoms with van der Waals surface area (Å²) < 4.78 is 19.7. The molecule has 1 saturated carbocycles. The summed E-state index contributed by atoms with van der Waals surface area (Å²) in [7, 11) is -0.893. The minimum atomic E-state index is -0.893. The van der Waals surface area contributed by atoms with Gasteiger partial charge in [0.15, 0.2) is 5.69 Å². The smallest absolute Gasteiger partial charge is 0.423 e. The molecule has 31 heavy (non-hydrogen) atoms. The molecule has 1 aliphatic carbocycles. The largest absolute Gasteiger partial charge is 0.491 e. The van der Waals surface area contributed by atoms with Crippen LogP contribution < -0.4 is 5.46 Å². The molecular weight excluding hydrogens is 418 g/mol. The lowest BCUT2D eigenvalue weighted by atomic mass is 9.79. The molecule has 1 N–H and O–H groups in total. The molecule has 0 saturated heterocycles. The third-order valence-electron chi connectivity index (χ3n) is 5.39. The Labute approximate surface area is 185 Å². The molecule has 2 aliphatic rings. The molecule has 1 fully saturated rings. The highest BCUT2D eigenvalue weighted by Gasteiger charge is 2.32. The zero-order valence-electron chi connectivity index (χ0n) is 17.0. The van der Waals surface area contributed by atoms with Crippen molar-refractivity contribution in [3.8, 4) is 6.07 Å². The first-order chi connectivity index (χ1) is 14.9. The van der Waals surface area contributed by atoms with Crippen molar-refractivity contribution < 1.29 is 14.1 Å². The van der Waals surface area contributed by atoms with E-state index in [1.54, 1.807) is 19.2 Å². The van der Waals surface area contributed by atoms with Gasteiger partial charge in [-0.15, -0.1) is 0 Å². The van der Waals surface area contributed by atoms with Crippen LogP contribution in [0, 0.1) is 23.1 Å². The normalized spacial score (nSPS) is 17.0. The van der Waals surface area contributed by atoms with Gasteiger partial charge in [-0.1, -0.05) is 23.7 Å². The summed E-state index contributed by atoms with van der Waals surface area (Å²) in [6.07, 6.45) is 6.54. The number of fused-ring (bicyclic) bond motifs is 1. The first-order valence-electron chi connectivity index (χ1n) is 10.1. The fourth-order valence-electron chi connectivity index (χ4n) is 3.56. The van der Waals surface area contributed by atoms with E-state index in [1.807, 2.05) is 23.0 Å². The van der Waals surface area contributed by atoms with Crippen molar-refractivity contribution in [1.29, 1.82) is 5.26 Å². The second-order valence-electron chi connectivity index (χ2n) is 7.81. The second kappa shape index (κ2) is 9.19. The van der Waals surface area contributed by atoms with Crippen LogP contribution in [0.25, 0.3) is 0 Å². The van der Waals surface area contributed by atoms with Gasteiger partial charge in [0.1, 0.15) is 17.0 Å². The summed E-state index contributed by atoms with van der Waals surface area (Å²) in [5.41, 5.74) is 3.73. The van der Waals surface area contributed by atoms with Gasteiger partial charge in [-0.05, 0) is 60.5 Å². The number of hydrogen-bond donors (Lipinski definition) is 1. The van der Waals surface area contributed by atoms with E-state index in [-0.39, 0.29) is 11.9 Å². The molecule has 0 spiro atoms. The highest BCUT2D eigenvalue weighted by molar-refractivity contribution is 6.61. The van der Waals surface area contributed by atoms with Gasteiger partial charge in [-0.2, -0.15) is 10.4 Å². The molecule has 0 bridgehead atoms. The Morgan fingerprint density at radius 2 is 2.16 bits per heavy atom. The van der Waals surface area contributed by atoms with E-state index < -0.39 is 7.12 Å². The second-order valence-corrected chi connectivity index (χ2v) is 8.17. The SMILES string of the molecule is C[C@H]1OB(O)c2ccc(F)cc21.N#Cc1nn(CC2CC2)cc1Cc1cccnc1Cl. The molecule has 6 nitrogen and oxygen atoms in total. The minimum Gasteiger partial charge on any atom is -0.423 e. The van der Waals surface area contributed by atoms with E-state index in [0.29, 0.717) is 22.7 Å². The van der Waals surface area contributed by atoms with E-state index >= 15 is 0 Å². The standard InChI is InChI=1S/C14H13ClN4.C8H8BFO2/c15-14-11(2-1-5-17-14)6-12-9-19(8-10-3-4-10)18-13(12)7-16;1-5-7-4-6(10)2-3-8(7)9(11)12-5/h1-2,5,9-10H,3-4,6,8H2;2-5,11H,1H3/t;5-/m.1/s1. The Bertz CT molecular complexity index is 1130. The Balaban J connectivity index is 0.000000166. The number of pyridine rings is 1. The molecule has 158 valence electrons. The van der Waals surface area contributed by atoms with Gasteiger partial charge in [0.2, 0.25) is 0 Å². The van der Waals surface area contributed by atoms with E-state index in [1.165, 1.54) is 25.0 Å². The monoisotopic (exact) mass is 438 g/mol. The first-order valence-corrected chi connectivity index (χ1v) is 10.5. The molecule has 1 aromatic carbocycles. The molecule has 1 atom stereocenters. The lowest BCUT2D eigenvalue weighted by Gasteiger charge is -2.02. The van der Waals surface area contributed by atoms with Crippen molar-refractivity contribution >= 4 is 24.2 Å². The topological polar surface area (TPSA) is 84.0 Å². The van der Waals surface area contributed by atoms with Crippen LogP contribution in [0.3, 0.4) is 0 Å². The number of benzene rings is 1. The Morgan fingerprint density at radius 3 is 2.87 bits per heavy atom. The van der Waals surface area contributed by atoms with Crippen LogP contribution in [0.4, 0.5) is 4.39 Å². The van der Waals surface area contributed by atoms with Gasteiger partial charge < -0.3 is 9.68 Å². The van der Waals surface area contributed by atoms with Crippen LogP contribution in [0.15, 0.2) is 42.7 Å². The molecule has 5 rings (SSSR count). The summed E-state index contributed by atoms with van der Waals surface area (Å²) >= 11 is 6.05. The van der Waals surface area contributed by atoms with E-state index in [0.717, 1.165) is 29.2 Å². The summed E-state index contributed by atoms with van der Waals surface area (Å²) in [6.45, 7) is 2.70. The van der Waals surface area contributed by atoms with Gasteiger partial charge in [-0.3, -0.25) is 4.68 Å². The minimum absolute atomic E-state index is 0.217. The molecular formula is C22H21BClFN4O2. The van der Waals surface area contributed by atoms with E-state index in [4.69, 9.17) is 21.5 Å². The van der Waals surface area contributed by atoms with Gasteiger partial charge in [0.25, 0.3) is 0 Å². The Kier molecular flexibility index (Phi) is 6.37. The quantitative estimate of drug-likeness (QED) is 0.498. The summed E-state index contributed by atoms with van der Waals surface area (Å²) in [6, 6.07) is 10.2. The van der Waals surface area contributed by atoms with Crippen molar-refractivity contribution in [2.75, 3.05) is 0 Å². The predicted octanol–water partition coefficient (Wildman–Crippen LogP) is 3.41. The molecule has 3 heterocycles. The molecule has 9 heteroatoms. The van der Waals surface area contributed by atoms with Crippen LogP contribution >= 0.6 is 11.6 Å². The van der Waals surface area contributed by atoms with Gasteiger partial charge in [0, 0.05) is 30.9 Å². The van der Waals surface area contributed by atoms with Crippen molar-refractivity contribution in [2.24, 2.45) is 5.92 Å². The third-order valence-corrected chi connectivity index (χ3v) is 5.73. The maximum atomic E-state index is 12.7. The lowest BCUT2D eigenvalue weighted by Crippen LogP contribution is -2.27. The Hall–Kier alpha value is -2.73. The number of nitriles is 1. The zero-order valence-corrected chi connectivity index (χ0v) is 17.8. The van der Waals surface area contributed by atoms with Crippen molar-refractivity contribution in [3.63, 3.8) is 0 Å². The maximum Gasteiger partial charge on any atom is 0.491 e. The summed E-state index contributed by atoms with van der Waals surface area (Å²) in [5.74, 6) is 0.444. The third kappa shape index (κ3) is 5.13. The number of nitrogens with zero attached hydrogens (tertiary/aromatic N) is 4. The molecule has 0 unspecified atom stereocenters. The van der Waals surface area contributed by atoms with Crippen LogP contribution in [-0.4, -0.2) is 26.9 Å².